The number of piperazine rings is 1. The Labute approximate surface area is 210 Å². The Bertz CT molecular complexity index is 1150. The second-order valence-corrected chi connectivity index (χ2v) is 9.22. The number of hydrogen-bond donors (Lipinski definition) is 2. The topological polar surface area (TPSA) is 90.8 Å². The van der Waals surface area contributed by atoms with Crippen LogP contribution in [0.5, 0.6) is 5.75 Å². The summed E-state index contributed by atoms with van der Waals surface area (Å²) in [6.07, 6.45) is 0.650. The third-order valence-electron chi connectivity index (χ3n) is 6.04. The predicted molar refractivity (Wildman–Crippen MR) is 137 cm³/mol. The number of ether oxygens (including phenoxy) is 1. The maximum absolute atomic E-state index is 14.0. The standard InChI is InChI=1S/C27H32FN5O3/c1-27(2,28)26(35)33-14-12-32(13-15-33)25-16-24(30-19-31-25)29-17-22(34)21-10-6-7-11-23(21)36-18-20-8-4-3-5-9-20/h3-11,16,19,22,34H,12-15,17-18H2,1-2H3,(H,29,30,31). The molecule has 2 heterocycles. The molecule has 1 amide bonds. The van der Waals surface area contributed by atoms with Crippen molar-refractivity contribution in [1.29, 1.82) is 0 Å². The third-order valence-corrected chi connectivity index (χ3v) is 6.04. The summed E-state index contributed by atoms with van der Waals surface area (Å²) in [5, 5.41) is 14.0. The van der Waals surface area contributed by atoms with Crippen LogP contribution in [0.3, 0.4) is 0 Å². The molecular formula is C27H32FN5O3. The van der Waals surface area contributed by atoms with Crippen LogP contribution < -0.4 is 15.0 Å². The zero-order chi connectivity index (χ0) is 25.5. The minimum Gasteiger partial charge on any atom is -0.489 e. The molecule has 0 bridgehead atoms. The number of amides is 1. The molecule has 1 aromatic heterocycles. The molecule has 36 heavy (non-hydrogen) atoms. The van der Waals surface area contributed by atoms with Crippen LogP contribution in [-0.4, -0.2) is 64.3 Å². The fourth-order valence-corrected chi connectivity index (χ4v) is 4.07. The van der Waals surface area contributed by atoms with Crippen LogP contribution in [0.4, 0.5) is 16.0 Å². The highest BCUT2D eigenvalue weighted by Crippen LogP contribution is 2.26. The van der Waals surface area contributed by atoms with Gasteiger partial charge in [-0.2, -0.15) is 0 Å². The predicted octanol–water partition coefficient (Wildman–Crippen LogP) is 3.60. The normalized spacial score (nSPS) is 14.9. The molecule has 0 aliphatic carbocycles. The van der Waals surface area contributed by atoms with Gasteiger partial charge in [-0.3, -0.25) is 4.79 Å². The van der Waals surface area contributed by atoms with Crippen LogP contribution in [0.1, 0.15) is 31.1 Å². The fraction of sp³-hybridized carbons (Fsp3) is 0.370. The van der Waals surface area contributed by atoms with Crippen molar-refractivity contribution in [2.45, 2.75) is 32.2 Å². The molecule has 190 valence electrons. The van der Waals surface area contributed by atoms with E-state index in [1.54, 1.807) is 11.0 Å². The zero-order valence-electron chi connectivity index (χ0n) is 20.6. The van der Waals surface area contributed by atoms with Crippen molar-refractivity contribution in [2.24, 2.45) is 0 Å². The van der Waals surface area contributed by atoms with E-state index in [1.165, 1.54) is 20.2 Å². The highest BCUT2D eigenvalue weighted by atomic mass is 19.1. The molecule has 1 atom stereocenters. The maximum Gasteiger partial charge on any atom is 0.259 e. The van der Waals surface area contributed by atoms with Crippen LogP contribution >= 0.6 is 0 Å². The molecule has 0 radical (unpaired) electrons. The zero-order valence-corrected chi connectivity index (χ0v) is 20.6. The number of alkyl halides is 1. The Morgan fingerprint density at radius 1 is 1.08 bits per heavy atom. The van der Waals surface area contributed by atoms with Gasteiger partial charge in [0, 0.05) is 44.4 Å². The molecule has 1 aliphatic heterocycles. The number of hydrogen-bond acceptors (Lipinski definition) is 7. The van der Waals surface area contributed by atoms with E-state index in [1.807, 2.05) is 59.5 Å². The summed E-state index contributed by atoms with van der Waals surface area (Å²) in [5.74, 6) is 1.42. The van der Waals surface area contributed by atoms with Gasteiger partial charge in [0.2, 0.25) is 0 Å². The summed E-state index contributed by atoms with van der Waals surface area (Å²) in [7, 11) is 0. The number of aliphatic hydroxyl groups excluding tert-OH is 1. The Hall–Kier alpha value is -3.72. The summed E-state index contributed by atoms with van der Waals surface area (Å²) in [5.41, 5.74) is -0.140. The van der Waals surface area contributed by atoms with Crippen LogP contribution in [0, 0.1) is 0 Å². The van der Waals surface area contributed by atoms with Crippen LogP contribution in [0.25, 0.3) is 0 Å². The molecule has 3 aromatic rings. The highest BCUT2D eigenvalue weighted by Gasteiger charge is 2.33. The molecule has 0 spiro atoms. The van der Waals surface area contributed by atoms with Gasteiger partial charge in [0.05, 0.1) is 6.10 Å². The van der Waals surface area contributed by atoms with Crippen molar-refractivity contribution in [3.8, 4) is 5.75 Å². The van der Waals surface area contributed by atoms with Crippen LogP contribution in [-0.2, 0) is 11.4 Å². The van der Waals surface area contributed by atoms with Gasteiger partial charge >= 0.3 is 0 Å². The van der Waals surface area contributed by atoms with Crippen molar-refractivity contribution in [3.63, 3.8) is 0 Å². The second-order valence-electron chi connectivity index (χ2n) is 9.22. The summed E-state index contributed by atoms with van der Waals surface area (Å²) >= 11 is 0. The molecule has 4 rings (SSSR count). The summed E-state index contributed by atoms with van der Waals surface area (Å²) in [4.78, 5) is 24.4. The van der Waals surface area contributed by atoms with Gasteiger partial charge < -0.3 is 25.0 Å². The fourth-order valence-electron chi connectivity index (χ4n) is 4.07. The molecule has 8 nitrogen and oxygen atoms in total. The van der Waals surface area contributed by atoms with Crippen molar-refractivity contribution >= 4 is 17.5 Å². The lowest BCUT2D eigenvalue weighted by Crippen LogP contribution is -2.53. The first-order valence-electron chi connectivity index (χ1n) is 12.0. The van der Waals surface area contributed by atoms with E-state index in [-0.39, 0.29) is 6.54 Å². The second kappa shape index (κ2) is 11.3. The monoisotopic (exact) mass is 493 g/mol. The van der Waals surface area contributed by atoms with E-state index in [4.69, 9.17) is 4.74 Å². The minimum absolute atomic E-state index is 0.232. The maximum atomic E-state index is 14.0. The van der Waals surface area contributed by atoms with Crippen LogP contribution in [0.15, 0.2) is 67.0 Å². The summed E-state index contributed by atoms with van der Waals surface area (Å²) < 4.78 is 20.0. The Morgan fingerprint density at radius 3 is 2.50 bits per heavy atom. The molecule has 1 unspecified atom stereocenters. The molecule has 9 heteroatoms. The molecule has 2 N–H and O–H groups in total. The number of para-hydroxylation sites is 1. The number of nitrogens with one attached hydrogen (secondary N) is 1. The van der Waals surface area contributed by atoms with E-state index in [9.17, 15) is 14.3 Å². The SMILES string of the molecule is CC(C)(F)C(=O)N1CCN(c2cc(NCC(O)c3ccccc3OCc3ccccc3)ncn2)CC1. The van der Waals surface area contributed by atoms with E-state index >= 15 is 0 Å². The number of benzene rings is 2. The first-order chi connectivity index (χ1) is 17.3. The minimum atomic E-state index is -1.87. The molecular weight excluding hydrogens is 461 g/mol. The summed E-state index contributed by atoms with van der Waals surface area (Å²) in [6, 6.07) is 19.1. The first-order valence-corrected chi connectivity index (χ1v) is 12.0. The number of rotatable bonds is 9. The summed E-state index contributed by atoms with van der Waals surface area (Å²) in [6.45, 7) is 5.17. The van der Waals surface area contributed by atoms with Gasteiger partial charge in [-0.25, -0.2) is 14.4 Å². The average molecular weight is 494 g/mol. The number of aromatic nitrogens is 2. The lowest BCUT2D eigenvalue weighted by molar-refractivity contribution is -0.142. The van der Waals surface area contributed by atoms with Gasteiger partial charge in [0.25, 0.3) is 5.91 Å². The van der Waals surface area contributed by atoms with E-state index < -0.39 is 17.7 Å². The largest absolute Gasteiger partial charge is 0.489 e. The average Bonchev–Trinajstić information content (AvgIpc) is 2.90. The van der Waals surface area contributed by atoms with Crippen molar-refractivity contribution in [3.05, 3.63) is 78.1 Å². The lowest BCUT2D eigenvalue weighted by Gasteiger charge is -2.37. The van der Waals surface area contributed by atoms with E-state index in [0.29, 0.717) is 55.7 Å². The van der Waals surface area contributed by atoms with Gasteiger partial charge in [-0.15, -0.1) is 0 Å². The van der Waals surface area contributed by atoms with Gasteiger partial charge in [0.15, 0.2) is 5.67 Å². The van der Waals surface area contributed by atoms with Gasteiger partial charge in [0.1, 0.15) is 30.3 Å². The van der Waals surface area contributed by atoms with Crippen molar-refractivity contribution in [2.75, 3.05) is 42.9 Å². The van der Waals surface area contributed by atoms with Crippen molar-refractivity contribution in [1.82, 2.24) is 14.9 Å². The van der Waals surface area contributed by atoms with Crippen molar-refractivity contribution < 1.29 is 19.0 Å². The molecule has 0 saturated carbocycles. The third kappa shape index (κ3) is 6.48. The first kappa shape index (κ1) is 25.4. The van der Waals surface area contributed by atoms with E-state index in [2.05, 4.69) is 15.3 Å². The Kier molecular flexibility index (Phi) is 8.00. The molecule has 1 aliphatic rings. The number of halogens is 1. The molecule has 1 saturated heterocycles. The Balaban J connectivity index is 1.33. The molecule has 1 fully saturated rings. The van der Waals surface area contributed by atoms with E-state index in [0.717, 1.165) is 5.56 Å². The molecule has 2 aromatic carbocycles. The Morgan fingerprint density at radius 2 is 1.78 bits per heavy atom. The number of carbonyl (C=O) groups is 1. The van der Waals surface area contributed by atoms with Gasteiger partial charge in [-0.1, -0.05) is 48.5 Å². The smallest absolute Gasteiger partial charge is 0.259 e. The number of carbonyl (C=O) groups excluding carboxylic acids is 1. The van der Waals surface area contributed by atoms with Crippen LogP contribution in [0.2, 0.25) is 0 Å². The highest BCUT2D eigenvalue weighted by molar-refractivity contribution is 5.84. The quantitative estimate of drug-likeness (QED) is 0.471. The number of anilines is 2. The lowest BCUT2D eigenvalue weighted by atomic mass is 10.1. The number of aliphatic hydroxyl groups is 1. The van der Waals surface area contributed by atoms with Gasteiger partial charge in [-0.05, 0) is 25.5 Å². The number of nitrogens with zero attached hydrogens (tertiary/aromatic N) is 4.